The Hall–Kier alpha value is -1.04. The van der Waals surface area contributed by atoms with Gasteiger partial charge in [0.2, 0.25) is 0 Å². The number of carbonyl (C=O) groups is 1. The number of carbonyl (C=O) groups excluding carboxylic acids is 1. The maximum absolute atomic E-state index is 12.1. The number of likely N-dealkylation sites (N-methyl/N-ethyl adjacent to an activating group) is 1. The number of thioether (sulfide) groups is 1. The number of rotatable bonds is 4. The van der Waals surface area contributed by atoms with E-state index >= 15 is 0 Å². The molecule has 0 atom stereocenters. The molecular weight excluding hydrogens is 326 g/mol. The van der Waals surface area contributed by atoms with Crippen LogP contribution in [-0.4, -0.2) is 27.8 Å². The fourth-order valence-electron chi connectivity index (χ4n) is 1.88. The van der Waals surface area contributed by atoms with E-state index in [1.807, 2.05) is 32.9 Å². The lowest BCUT2D eigenvalue weighted by atomic mass is 10.2. The maximum Gasteiger partial charge on any atom is 0.266 e. The zero-order valence-corrected chi connectivity index (χ0v) is 14.4. The van der Waals surface area contributed by atoms with Crippen LogP contribution in [-0.2, 0) is 4.79 Å². The van der Waals surface area contributed by atoms with E-state index in [-0.39, 0.29) is 12.0 Å². The van der Waals surface area contributed by atoms with E-state index in [4.69, 9.17) is 28.6 Å². The van der Waals surface area contributed by atoms with E-state index in [2.05, 4.69) is 0 Å². The average molecular weight is 342 g/mol. The summed E-state index contributed by atoms with van der Waals surface area (Å²) in [5, 5.41) is 0.531. The molecule has 1 aromatic rings. The summed E-state index contributed by atoms with van der Waals surface area (Å²) < 4.78 is 6.19. The molecule has 0 aromatic heterocycles. The van der Waals surface area contributed by atoms with Crippen LogP contribution in [0.4, 0.5) is 0 Å². The molecule has 1 heterocycles. The Kier molecular flexibility index (Phi) is 5.30. The fraction of sp³-hybridized carbons (Fsp3) is 0.333. The van der Waals surface area contributed by atoms with Crippen molar-refractivity contribution in [3.05, 3.63) is 33.7 Å². The van der Waals surface area contributed by atoms with Gasteiger partial charge < -0.3 is 4.74 Å². The van der Waals surface area contributed by atoms with Crippen LogP contribution in [0.15, 0.2) is 23.1 Å². The summed E-state index contributed by atoms with van der Waals surface area (Å²) in [6, 6.07) is 5.48. The van der Waals surface area contributed by atoms with Gasteiger partial charge in [-0.05, 0) is 44.5 Å². The van der Waals surface area contributed by atoms with Crippen molar-refractivity contribution in [3.8, 4) is 5.75 Å². The van der Waals surface area contributed by atoms with Crippen molar-refractivity contribution in [2.75, 3.05) is 6.54 Å². The van der Waals surface area contributed by atoms with Crippen LogP contribution >= 0.6 is 35.6 Å². The van der Waals surface area contributed by atoms with Gasteiger partial charge in [-0.25, -0.2) is 0 Å². The monoisotopic (exact) mass is 341 g/mol. The quantitative estimate of drug-likeness (QED) is 0.601. The van der Waals surface area contributed by atoms with E-state index in [0.29, 0.717) is 26.5 Å². The van der Waals surface area contributed by atoms with Crippen molar-refractivity contribution in [2.45, 2.75) is 26.9 Å². The highest BCUT2D eigenvalue weighted by Gasteiger charge is 2.30. The van der Waals surface area contributed by atoms with Crippen LogP contribution in [0.2, 0.25) is 5.02 Å². The van der Waals surface area contributed by atoms with Gasteiger partial charge in [-0.2, -0.15) is 0 Å². The minimum atomic E-state index is -0.0499. The molecule has 0 unspecified atom stereocenters. The summed E-state index contributed by atoms with van der Waals surface area (Å²) in [5.41, 5.74) is 0.854. The second-order valence-corrected chi connectivity index (χ2v) is 6.87. The number of amides is 1. The Balaban J connectivity index is 2.24. The maximum atomic E-state index is 12.1. The molecule has 1 aliphatic heterocycles. The van der Waals surface area contributed by atoms with E-state index in [9.17, 15) is 4.79 Å². The molecule has 0 aliphatic carbocycles. The van der Waals surface area contributed by atoms with E-state index in [0.717, 1.165) is 5.56 Å². The van der Waals surface area contributed by atoms with E-state index in [1.54, 1.807) is 17.0 Å². The first-order valence-electron chi connectivity index (χ1n) is 6.64. The smallest absolute Gasteiger partial charge is 0.266 e. The molecule has 1 amide bonds. The molecule has 6 heteroatoms. The lowest BCUT2D eigenvalue weighted by Gasteiger charge is -2.11. The number of thiocarbonyl (C=S) groups is 1. The third-order valence-electron chi connectivity index (χ3n) is 2.81. The SMILES string of the molecule is CCN1C(=O)/C(=C/c2ccc(OC(C)C)c(Cl)c2)SC1=S. The van der Waals surface area contributed by atoms with Crippen molar-refractivity contribution in [1.82, 2.24) is 4.90 Å². The number of hydrogen-bond donors (Lipinski definition) is 0. The van der Waals surface area contributed by atoms with Crippen LogP contribution in [0.1, 0.15) is 26.3 Å². The van der Waals surface area contributed by atoms with E-state index < -0.39 is 0 Å². The molecule has 2 rings (SSSR count). The van der Waals surface area contributed by atoms with Crippen molar-refractivity contribution in [1.29, 1.82) is 0 Å². The largest absolute Gasteiger partial charge is 0.489 e. The molecule has 1 fully saturated rings. The highest BCUT2D eigenvalue weighted by atomic mass is 35.5. The van der Waals surface area contributed by atoms with Gasteiger partial charge in [0, 0.05) is 6.54 Å². The summed E-state index contributed by atoms with van der Waals surface area (Å²) in [6.45, 7) is 6.38. The molecule has 1 aromatic carbocycles. The van der Waals surface area contributed by atoms with Crippen molar-refractivity contribution >= 4 is 51.9 Å². The zero-order chi connectivity index (χ0) is 15.6. The first-order chi connectivity index (χ1) is 9.92. The predicted molar refractivity (Wildman–Crippen MR) is 92.8 cm³/mol. The van der Waals surface area contributed by atoms with Crippen molar-refractivity contribution in [2.24, 2.45) is 0 Å². The third-order valence-corrected chi connectivity index (χ3v) is 4.48. The number of nitrogens with zero attached hydrogens (tertiary/aromatic N) is 1. The minimum absolute atomic E-state index is 0.0499. The molecule has 1 saturated heterocycles. The number of hydrogen-bond acceptors (Lipinski definition) is 4. The number of benzene rings is 1. The summed E-state index contributed by atoms with van der Waals surface area (Å²) >= 11 is 12.7. The van der Waals surface area contributed by atoms with Crippen LogP contribution in [0, 0.1) is 0 Å². The Labute approximate surface area is 139 Å². The Bertz CT molecular complexity index is 614. The third kappa shape index (κ3) is 3.78. The first-order valence-corrected chi connectivity index (χ1v) is 8.24. The van der Waals surface area contributed by atoms with Gasteiger partial charge in [-0.1, -0.05) is 41.6 Å². The molecule has 0 spiro atoms. The second-order valence-electron chi connectivity index (χ2n) is 4.78. The average Bonchev–Trinajstić information content (AvgIpc) is 2.67. The molecule has 0 saturated carbocycles. The molecule has 0 N–H and O–H groups in total. The Morgan fingerprint density at radius 1 is 1.48 bits per heavy atom. The Morgan fingerprint density at radius 2 is 2.19 bits per heavy atom. The highest BCUT2D eigenvalue weighted by molar-refractivity contribution is 8.26. The van der Waals surface area contributed by atoms with Crippen molar-refractivity contribution < 1.29 is 9.53 Å². The van der Waals surface area contributed by atoms with Crippen molar-refractivity contribution in [3.63, 3.8) is 0 Å². The first kappa shape index (κ1) is 16.3. The molecule has 0 radical (unpaired) electrons. The zero-order valence-electron chi connectivity index (χ0n) is 12.1. The normalized spacial score (nSPS) is 17.2. The summed E-state index contributed by atoms with van der Waals surface area (Å²) in [6.07, 6.45) is 1.87. The van der Waals surface area contributed by atoms with Crippen LogP contribution in [0.25, 0.3) is 6.08 Å². The predicted octanol–water partition coefficient (Wildman–Crippen LogP) is 4.35. The summed E-state index contributed by atoms with van der Waals surface area (Å²) in [7, 11) is 0. The minimum Gasteiger partial charge on any atom is -0.489 e. The lowest BCUT2D eigenvalue weighted by Crippen LogP contribution is -2.27. The van der Waals surface area contributed by atoms with Gasteiger partial charge in [0.1, 0.15) is 10.1 Å². The van der Waals surface area contributed by atoms with Crippen LogP contribution in [0.5, 0.6) is 5.75 Å². The number of halogens is 1. The standard InChI is InChI=1S/C15H16ClNO2S2/c1-4-17-14(18)13(21-15(17)20)8-10-5-6-12(11(16)7-10)19-9(2)3/h5-9H,4H2,1-3H3/b13-8-. The molecule has 1 aliphatic rings. The van der Waals surface area contributed by atoms with Crippen LogP contribution in [0.3, 0.4) is 0 Å². The molecule has 112 valence electrons. The van der Waals surface area contributed by atoms with Gasteiger partial charge in [0.05, 0.1) is 16.0 Å². The van der Waals surface area contributed by atoms with Crippen LogP contribution < -0.4 is 4.74 Å². The second kappa shape index (κ2) is 6.81. The van der Waals surface area contributed by atoms with Gasteiger partial charge in [-0.3, -0.25) is 9.69 Å². The molecule has 21 heavy (non-hydrogen) atoms. The topological polar surface area (TPSA) is 29.5 Å². The summed E-state index contributed by atoms with van der Waals surface area (Å²) in [5.74, 6) is 0.594. The number of ether oxygens (including phenoxy) is 1. The Morgan fingerprint density at radius 3 is 2.71 bits per heavy atom. The highest BCUT2D eigenvalue weighted by Crippen LogP contribution is 2.33. The molecule has 0 bridgehead atoms. The molecular formula is C15H16ClNO2S2. The van der Waals surface area contributed by atoms with Gasteiger partial charge in [-0.15, -0.1) is 0 Å². The van der Waals surface area contributed by atoms with Gasteiger partial charge in [0.25, 0.3) is 5.91 Å². The van der Waals surface area contributed by atoms with Gasteiger partial charge in [0.15, 0.2) is 0 Å². The van der Waals surface area contributed by atoms with E-state index in [1.165, 1.54) is 11.8 Å². The molecule has 3 nitrogen and oxygen atoms in total. The summed E-state index contributed by atoms with van der Waals surface area (Å²) in [4.78, 5) is 14.3. The van der Waals surface area contributed by atoms with Gasteiger partial charge >= 0.3 is 0 Å². The fourth-order valence-corrected chi connectivity index (χ4v) is 3.50. The lowest BCUT2D eigenvalue weighted by molar-refractivity contribution is -0.121.